The summed E-state index contributed by atoms with van der Waals surface area (Å²) in [6, 6.07) is 7.97. The highest BCUT2D eigenvalue weighted by Gasteiger charge is 2.33. The average molecular weight is 408 g/mol. The fourth-order valence-electron chi connectivity index (χ4n) is 4.78. The molecular formula is C22H25FN6O. The molecule has 2 aromatic heterocycles. The number of benzene rings is 1. The van der Waals surface area contributed by atoms with Crippen LogP contribution in [-0.2, 0) is 0 Å². The summed E-state index contributed by atoms with van der Waals surface area (Å²) in [7, 11) is 2.06. The van der Waals surface area contributed by atoms with Crippen LogP contribution in [0.25, 0.3) is 22.4 Å². The molecule has 4 heterocycles. The van der Waals surface area contributed by atoms with E-state index in [0.29, 0.717) is 34.9 Å². The van der Waals surface area contributed by atoms with Gasteiger partial charge in [0.2, 0.25) is 0 Å². The van der Waals surface area contributed by atoms with Gasteiger partial charge in [-0.3, -0.25) is 5.10 Å². The molecule has 2 aliphatic heterocycles. The molecule has 5 rings (SSSR count). The second-order valence-electron chi connectivity index (χ2n) is 8.34. The number of halogens is 1. The minimum Gasteiger partial charge on any atom is -0.507 e. The summed E-state index contributed by atoms with van der Waals surface area (Å²) in [6.07, 6.45) is 9.10. The number of fused-ring (bicyclic) bond motifs is 2. The van der Waals surface area contributed by atoms with Gasteiger partial charge in [0.05, 0.1) is 11.9 Å². The van der Waals surface area contributed by atoms with Crippen molar-refractivity contribution < 1.29 is 9.50 Å². The highest BCUT2D eigenvalue weighted by Crippen LogP contribution is 2.35. The highest BCUT2D eigenvalue weighted by molar-refractivity contribution is 5.74. The van der Waals surface area contributed by atoms with E-state index >= 15 is 0 Å². The number of anilines is 1. The molecule has 2 fully saturated rings. The van der Waals surface area contributed by atoms with E-state index in [1.165, 1.54) is 37.6 Å². The Labute approximate surface area is 174 Å². The van der Waals surface area contributed by atoms with Crippen LogP contribution in [0.5, 0.6) is 5.75 Å². The Morgan fingerprint density at radius 2 is 1.90 bits per heavy atom. The highest BCUT2D eigenvalue weighted by atomic mass is 19.1. The van der Waals surface area contributed by atoms with Gasteiger partial charge in [-0.2, -0.15) is 5.10 Å². The van der Waals surface area contributed by atoms with Crippen LogP contribution in [0.4, 0.5) is 10.2 Å². The second-order valence-corrected chi connectivity index (χ2v) is 8.34. The van der Waals surface area contributed by atoms with E-state index in [0.717, 1.165) is 18.7 Å². The topological polar surface area (TPSA) is 90.0 Å². The van der Waals surface area contributed by atoms with E-state index in [1.807, 2.05) is 6.07 Å². The van der Waals surface area contributed by atoms with Crippen molar-refractivity contribution in [3.05, 3.63) is 42.5 Å². The van der Waals surface area contributed by atoms with Crippen LogP contribution in [0.3, 0.4) is 0 Å². The summed E-state index contributed by atoms with van der Waals surface area (Å²) in [4.78, 5) is 2.20. The number of aromatic amines is 1. The molecule has 0 amide bonds. The molecule has 156 valence electrons. The number of hydrogen-bond acceptors (Lipinski definition) is 6. The first-order valence-corrected chi connectivity index (χ1v) is 10.4. The summed E-state index contributed by atoms with van der Waals surface area (Å²) in [5.41, 5.74) is 1.61. The van der Waals surface area contributed by atoms with Crippen molar-refractivity contribution in [3.63, 3.8) is 0 Å². The van der Waals surface area contributed by atoms with Gasteiger partial charge < -0.3 is 15.3 Å². The van der Waals surface area contributed by atoms with Crippen molar-refractivity contribution >= 4 is 5.82 Å². The third-order valence-corrected chi connectivity index (χ3v) is 6.42. The number of hydrogen-bond donors (Lipinski definition) is 3. The van der Waals surface area contributed by atoms with Crippen molar-refractivity contribution in [2.75, 3.05) is 11.9 Å². The number of nitrogens with one attached hydrogen (secondary N) is 2. The van der Waals surface area contributed by atoms with E-state index in [9.17, 15) is 9.50 Å². The summed E-state index contributed by atoms with van der Waals surface area (Å²) in [5, 5.41) is 29.3. The fraction of sp³-hybridized carbons (Fsp3) is 0.409. The molecule has 0 unspecified atom stereocenters. The smallest absolute Gasteiger partial charge is 0.151 e. The van der Waals surface area contributed by atoms with Crippen LogP contribution in [-0.4, -0.2) is 50.7 Å². The van der Waals surface area contributed by atoms with Crippen LogP contribution >= 0.6 is 0 Å². The lowest BCUT2D eigenvalue weighted by Crippen LogP contribution is -2.54. The number of piperidine rings is 2. The molecule has 7 nitrogen and oxygen atoms in total. The molecular weight excluding hydrogens is 383 g/mol. The zero-order valence-electron chi connectivity index (χ0n) is 16.8. The van der Waals surface area contributed by atoms with E-state index in [2.05, 4.69) is 37.7 Å². The lowest BCUT2D eigenvalue weighted by molar-refractivity contribution is 0.219. The zero-order chi connectivity index (χ0) is 20.7. The van der Waals surface area contributed by atoms with E-state index < -0.39 is 5.82 Å². The van der Waals surface area contributed by atoms with E-state index in [-0.39, 0.29) is 11.3 Å². The third kappa shape index (κ3) is 3.52. The van der Waals surface area contributed by atoms with Gasteiger partial charge in [-0.05, 0) is 49.9 Å². The van der Waals surface area contributed by atoms with Crippen LogP contribution in [0.2, 0.25) is 0 Å². The van der Waals surface area contributed by atoms with Crippen molar-refractivity contribution in [1.29, 1.82) is 0 Å². The Balaban J connectivity index is 1.37. The van der Waals surface area contributed by atoms with Crippen LogP contribution in [0, 0.1) is 5.82 Å². The van der Waals surface area contributed by atoms with Crippen LogP contribution < -0.4 is 10.2 Å². The maximum Gasteiger partial charge on any atom is 0.151 e. The van der Waals surface area contributed by atoms with Gasteiger partial charge in [0, 0.05) is 48.1 Å². The van der Waals surface area contributed by atoms with Gasteiger partial charge in [-0.15, -0.1) is 10.2 Å². The third-order valence-electron chi connectivity index (χ3n) is 6.42. The van der Waals surface area contributed by atoms with Gasteiger partial charge in [-0.1, -0.05) is 6.42 Å². The second kappa shape index (κ2) is 7.68. The van der Waals surface area contributed by atoms with Crippen molar-refractivity contribution in [2.24, 2.45) is 0 Å². The maximum atomic E-state index is 14.6. The summed E-state index contributed by atoms with van der Waals surface area (Å²) >= 11 is 0. The minimum atomic E-state index is -0.451. The number of H-pyrrole nitrogens is 1. The number of aromatic hydroxyl groups is 1. The Hall–Kier alpha value is -3.00. The van der Waals surface area contributed by atoms with Gasteiger partial charge >= 0.3 is 0 Å². The summed E-state index contributed by atoms with van der Waals surface area (Å²) < 4.78 is 14.6. The number of aromatic nitrogens is 4. The van der Waals surface area contributed by atoms with Gasteiger partial charge in [0.1, 0.15) is 11.6 Å². The molecule has 1 aromatic carbocycles. The molecule has 3 N–H and O–H groups in total. The lowest BCUT2D eigenvalue weighted by atomic mass is 9.83. The van der Waals surface area contributed by atoms with Crippen LogP contribution in [0.1, 0.15) is 32.1 Å². The predicted octanol–water partition coefficient (Wildman–Crippen LogP) is 3.49. The standard InChI is InChI=1S/C22H25FN6O/c1-29(16-7-14-3-2-4-15(8-16)26-14)22-6-5-20(27-28-22)18-9-19(23)17(10-21(18)30)13-11-24-25-12-13/h5-6,9-12,14-16,26,30H,2-4,7-8H2,1H3,(H,24,25)/t14-,15-/m1/s1. The molecule has 2 bridgehead atoms. The normalized spacial score (nSPS) is 23.3. The quantitative estimate of drug-likeness (QED) is 0.612. The molecule has 2 saturated heterocycles. The summed E-state index contributed by atoms with van der Waals surface area (Å²) in [5.74, 6) is 0.293. The van der Waals surface area contributed by atoms with Crippen molar-refractivity contribution in [3.8, 4) is 28.1 Å². The monoisotopic (exact) mass is 408 g/mol. The zero-order valence-corrected chi connectivity index (χ0v) is 16.8. The largest absolute Gasteiger partial charge is 0.507 e. The fourth-order valence-corrected chi connectivity index (χ4v) is 4.78. The number of phenolic OH excluding ortho intramolecular Hbond substituents is 1. The molecule has 3 aromatic rings. The lowest BCUT2D eigenvalue weighted by Gasteiger charge is -2.43. The first-order chi connectivity index (χ1) is 14.6. The number of nitrogens with zero attached hydrogens (tertiary/aromatic N) is 4. The maximum absolute atomic E-state index is 14.6. The predicted molar refractivity (Wildman–Crippen MR) is 113 cm³/mol. The summed E-state index contributed by atoms with van der Waals surface area (Å²) in [6.45, 7) is 0. The number of phenols is 1. The van der Waals surface area contributed by atoms with E-state index in [4.69, 9.17) is 0 Å². The molecule has 0 spiro atoms. The molecule has 0 radical (unpaired) electrons. The Morgan fingerprint density at radius 3 is 2.57 bits per heavy atom. The SMILES string of the molecule is CN(c1ccc(-c2cc(F)c(-c3cn[nH]c3)cc2O)nn1)C1C[C@H]2CCC[C@H](C1)N2. The van der Waals surface area contributed by atoms with Crippen molar-refractivity contribution in [2.45, 2.75) is 50.2 Å². The Kier molecular flexibility index (Phi) is 4.86. The molecule has 0 saturated carbocycles. The van der Waals surface area contributed by atoms with E-state index in [1.54, 1.807) is 12.3 Å². The Morgan fingerprint density at radius 1 is 1.10 bits per heavy atom. The average Bonchev–Trinajstić information content (AvgIpc) is 3.29. The van der Waals surface area contributed by atoms with Gasteiger partial charge in [0.25, 0.3) is 0 Å². The first-order valence-electron chi connectivity index (χ1n) is 10.4. The Bertz CT molecular complexity index is 1010. The van der Waals surface area contributed by atoms with Gasteiger partial charge in [-0.25, -0.2) is 4.39 Å². The first kappa shape index (κ1) is 19.0. The van der Waals surface area contributed by atoms with Gasteiger partial charge in [0.15, 0.2) is 5.82 Å². The minimum absolute atomic E-state index is 0.0471. The molecule has 2 atom stereocenters. The molecule has 0 aliphatic carbocycles. The molecule has 2 aliphatic rings. The molecule has 8 heteroatoms. The number of rotatable bonds is 4. The molecule has 30 heavy (non-hydrogen) atoms. The van der Waals surface area contributed by atoms with Crippen LogP contribution in [0.15, 0.2) is 36.7 Å². The van der Waals surface area contributed by atoms with Crippen molar-refractivity contribution in [1.82, 2.24) is 25.7 Å².